The van der Waals surface area contributed by atoms with Crippen LogP contribution in [0.15, 0.2) is 6.20 Å². The molecule has 1 aromatic rings. The number of piperidine rings is 1. The SMILES string of the molecule is CCN1CCC(CNC(=O)c2cn[nH]c2N)CC1. The van der Waals surface area contributed by atoms with Crippen LogP contribution in [0.2, 0.25) is 0 Å². The monoisotopic (exact) mass is 251 g/mol. The van der Waals surface area contributed by atoms with Crippen LogP contribution in [0.4, 0.5) is 5.82 Å². The van der Waals surface area contributed by atoms with Crippen molar-refractivity contribution >= 4 is 11.7 Å². The van der Waals surface area contributed by atoms with E-state index in [0.717, 1.165) is 39.0 Å². The Morgan fingerprint density at radius 1 is 1.61 bits per heavy atom. The minimum atomic E-state index is -0.140. The average molecular weight is 251 g/mol. The molecule has 2 rings (SSSR count). The number of carbonyl (C=O) groups is 1. The van der Waals surface area contributed by atoms with Gasteiger partial charge in [0, 0.05) is 6.54 Å². The van der Waals surface area contributed by atoms with Gasteiger partial charge in [-0.25, -0.2) is 0 Å². The Balaban J connectivity index is 1.76. The number of rotatable bonds is 4. The van der Waals surface area contributed by atoms with Crippen LogP contribution in [0, 0.1) is 5.92 Å². The molecule has 1 aliphatic rings. The Hall–Kier alpha value is -1.56. The number of carbonyl (C=O) groups excluding carboxylic acids is 1. The van der Waals surface area contributed by atoms with Crippen LogP contribution in [0.25, 0.3) is 0 Å². The number of nitrogens with two attached hydrogens (primary N) is 1. The van der Waals surface area contributed by atoms with Crippen LogP contribution >= 0.6 is 0 Å². The van der Waals surface area contributed by atoms with E-state index in [1.165, 1.54) is 6.20 Å². The summed E-state index contributed by atoms with van der Waals surface area (Å²) in [4.78, 5) is 14.3. The number of anilines is 1. The van der Waals surface area contributed by atoms with Crippen molar-refractivity contribution in [2.45, 2.75) is 19.8 Å². The van der Waals surface area contributed by atoms with Crippen LogP contribution in [-0.4, -0.2) is 47.2 Å². The summed E-state index contributed by atoms with van der Waals surface area (Å²) < 4.78 is 0. The molecule has 0 radical (unpaired) electrons. The van der Waals surface area contributed by atoms with Crippen molar-refractivity contribution in [3.05, 3.63) is 11.8 Å². The first-order valence-corrected chi connectivity index (χ1v) is 6.50. The molecule has 0 spiro atoms. The predicted molar refractivity (Wildman–Crippen MR) is 70.2 cm³/mol. The van der Waals surface area contributed by atoms with Crippen molar-refractivity contribution in [1.29, 1.82) is 0 Å². The van der Waals surface area contributed by atoms with Crippen LogP contribution in [0.3, 0.4) is 0 Å². The molecule has 100 valence electrons. The van der Waals surface area contributed by atoms with Crippen molar-refractivity contribution in [2.75, 3.05) is 31.9 Å². The van der Waals surface area contributed by atoms with Gasteiger partial charge in [-0.3, -0.25) is 9.89 Å². The molecule has 0 unspecified atom stereocenters. The molecule has 1 amide bonds. The summed E-state index contributed by atoms with van der Waals surface area (Å²) in [5, 5.41) is 9.23. The van der Waals surface area contributed by atoms with Gasteiger partial charge in [0.15, 0.2) is 0 Å². The van der Waals surface area contributed by atoms with E-state index in [0.29, 0.717) is 17.3 Å². The summed E-state index contributed by atoms with van der Waals surface area (Å²) in [6.07, 6.45) is 3.76. The molecule has 0 aliphatic carbocycles. The van der Waals surface area contributed by atoms with Crippen molar-refractivity contribution < 1.29 is 4.79 Å². The lowest BCUT2D eigenvalue weighted by Gasteiger charge is -2.30. The molecule has 0 aromatic carbocycles. The number of H-pyrrole nitrogens is 1. The lowest BCUT2D eigenvalue weighted by atomic mass is 9.97. The van der Waals surface area contributed by atoms with Crippen LogP contribution in [0.5, 0.6) is 0 Å². The molecular weight excluding hydrogens is 230 g/mol. The Morgan fingerprint density at radius 3 is 2.89 bits per heavy atom. The second kappa shape index (κ2) is 5.86. The number of nitrogens with zero attached hydrogens (tertiary/aromatic N) is 2. The normalized spacial score (nSPS) is 17.8. The first-order valence-electron chi connectivity index (χ1n) is 6.50. The molecule has 0 bridgehead atoms. The van der Waals surface area contributed by atoms with Crippen LogP contribution in [-0.2, 0) is 0 Å². The number of likely N-dealkylation sites (tertiary alicyclic amines) is 1. The summed E-state index contributed by atoms with van der Waals surface area (Å²) in [6.45, 7) is 6.28. The van der Waals surface area contributed by atoms with Gasteiger partial charge in [-0.15, -0.1) is 0 Å². The van der Waals surface area contributed by atoms with Crippen molar-refractivity contribution in [2.24, 2.45) is 5.92 Å². The lowest BCUT2D eigenvalue weighted by Crippen LogP contribution is -2.38. The number of hydrogen-bond acceptors (Lipinski definition) is 4. The van der Waals surface area contributed by atoms with Gasteiger partial charge >= 0.3 is 0 Å². The van der Waals surface area contributed by atoms with E-state index in [1.54, 1.807) is 0 Å². The van der Waals surface area contributed by atoms with Gasteiger partial charge in [0.2, 0.25) is 0 Å². The maximum Gasteiger partial charge on any atom is 0.256 e. The largest absolute Gasteiger partial charge is 0.383 e. The number of aromatic amines is 1. The van der Waals surface area contributed by atoms with Crippen LogP contribution in [0.1, 0.15) is 30.1 Å². The second-order valence-corrected chi connectivity index (χ2v) is 4.79. The first kappa shape index (κ1) is 12.9. The lowest BCUT2D eigenvalue weighted by molar-refractivity contribution is 0.0938. The number of aromatic nitrogens is 2. The Morgan fingerprint density at radius 2 is 2.33 bits per heavy atom. The van der Waals surface area contributed by atoms with Crippen molar-refractivity contribution in [3.63, 3.8) is 0 Å². The third kappa shape index (κ3) is 3.01. The zero-order chi connectivity index (χ0) is 13.0. The summed E-state index contributed by atoms with van der Waals surface area (Å²) in [7, 11) is 0. The zero-order valence-corrected chi connectivity index (χ0v) is 10.8. The van der Waals surface area contributed by atoms with Gasteiger partial charge in [0.1, 0.15) is 11.4 Å². The van der Waals surface area contributed by atoms with E-state index >= 15 is 0 Å². The van der Waals surface area contributed by atoms with E-state index in [1.807, 2.05) is 0 Å². The smallest absolute Gasteiger partial charge is 0.256 e. The highest BCUT2D eigenvalue weighted by Crippen LogP contribution is 2.16. The standard InChI is InChI=1S/C12H21N5O/c1-2-17-5-3-9(4-6-17)7-14-12(18)10-8-15-16-11(10)13/h8-9H,2-7H2,1H3,(H,14,18)(H3,13,15,16). The zero-order valence-electron chi connectivity index (χ0n) is 10.8. The van der Waals surface area contributed by atoms with E-state index in [2.05, 4.69) is 27.3 Å². The predicted octanol–water partition coefficient (Wildman–Crippen LogP) is 0.454. The molecule has 6 heteroatoms. The molecule has 1 fully saturated rings. The van der Waals surface area contributed by atoms with Gasteiger partial charge in [0.05, 0.1) is 6.20 Å². The topological polar surface area (TPSA) is 87.0 Å². The first-order chi connectivity index (χ1) is 8.70. The summed E-state index contributed by atoms with van der Waals surface area (Å²) in [5.74, 6) is 0.761. The number of amides is 1. The molecule has 0 saturated carbocycles. The molecule has 1 aromatic heterocycles. The van der Waals surface area contributed by atoms with Crippen molar-refractivity contribution in [3.8, 4) is 0 Å². The highest BCUT2D eigenvalue weighted by Gasteiger charge is 2.19. The molecule has 1 saturated heterocycles. The quantitative estimate of drug-likeness (QED) is 0.725. The van der Waals surface area contributed by atoms with E-state index in [-0.39, 0.29) is 5.91 Å². The molecule has 2 heterocycles. The minimum Gasteiger partial charge on any atom is -0.383 e. The number of nitrogen functional groups attached to an aromatic ring is 1. The van der Waals surface area contributed by atoms with E-state index in [4.69, 9.17) is 5.73 Å². The minimum absolute atomic E-state index is 0.140. The maximum absolute atomic E-state index is 11.8. The number of nitrogens with one attached hydrogen (secondary N) is 2. The Labute approximate surface area is 107 Å². The fourth-order valence-electron chi connectivity index (χ4n) is 2.32. The van der Waals surface area contributed by atoms with Gasteiger partial charge in [-0.05, 0) is 38.4 Å². The fraction of sp³-hybridized carbons (Fsp3) is 0.667. The summed E-state index contributed by atoms with van der Waals surface area (Å²) in [6, 6.07) is 0. The highest BCUT2D eigenvalue weighted by molar-refractivity contribution is 5.98. The van der Waals surface area contributed by atoms with Gasteiger partial charge in [-0.2, -0.15) is 5.10 Å². The molecule has 18 heavy (non-hydrogen) atoms. The molecule has 0 atom stereocenters. The number of hydrogen-bond donors (Lipinski definition) is 3. The Kier molecular flexibility index (Phi) is 4.19. The Bertz CT molecular complexity index is 395. The average Bonchev–Trinajstić information content (AvgIpc) is 2.83. The van der Waals surface area contributed by atoms with Crippen LogP contribution < -0.4 is 11.1 Å². The maximum atomic E-state index is 11.8. The summed E-state index contributed by atoms with van der Waals surface area (Å²) >= 11 is 0. The van der Waals surface area contributed by atoms with Gasteiger partial charge in [-0.1, -0.05) is 6.92 Å². The van der Waals surface area contributed by atoms with Crippen molar-refractivity contribution in [1.82, 2.24) is 20.4 Å². The van der Waals surface area contributed by atoms with Gasteiger partial charge < -0.3 is 16.0 Å². The third-order valence-electron chi connectivity index (χ3n) is 3.62. The van der Waals surface area contributed by atoms with E-state index < -0.39 is 0 Å². The molecular formula is C12H21N5O. The molecule has 4 N–H and O–H groups in total. The fourth-order valence-corrected chi connectivity index (χ4v) is 2.32. The molecule has 6 nitrogen and oxygen atoms in total. The summed E-state index contributed by atoms with van der Waals surface area (Å²) in [5.41, 5.74) is 6.03. The van der Waals surface area contributed by atoms with E-state index in [9.17, 15) is 4.79 Å². The second-order valence-electron chi connectivity index (χ2n) is 4.79. The molecule has 1 aliphatic heterocycles. The third-order valence-corrected chi connectivity index (χ3v) is 3.62. The van der Waals surface area contributed by atoms with Gasteiger partial charge in [0.25, 0.3) is 5.91 Å². The highest BCUT2D eigenvalue weighted by atomic mass is 16.1.